The van der Waals surface area contributed by atoms with Crippen molar-refractivity contribution in [3.63, 3.8) is 0 Å². The van der Waals surface area contributed by atoms with Gasteiger partial charge in [-0.2, -0.15) is 0 Å². The number of hydrogen-bond donors (Lipinski definition) is 1. The van der Waals surface area contributed by atoms with E-state index in [1.807, 2.05) is 0 Å². The van der Waals surface area contributed by atoms with Gasteiger partial charge in [0.05, 0.1) is 6.04 Å². The summed E-state index contributed by atoms with van der Waals surface area (Å²) in [5, 5.41) is 0. The van der Waals surface area contributed by atoms with Gasteiger partial charge in [-0.15, -0.1) is 0 Å². The molecule has 3 amide bonds. The molecule has 27 heavy (non-hydrogen) atoms. The number of nitrogens with two attached hydrogens (primary N) is 1. The van der Waals surface area contributed by atoms with Crippen molar-refractivity contribution in [3.8, 4) is 0 Å². The van der Waals surface area contributed by atoms with Crippen LogP contribution in [0.5, 0.6) is 0 Å². The van der Waals surface area contributed by atoms with Crippen LogP contribution < -0.4 is 35.3 Å². The summed E-state index contributed by atoms with van der Waals surface area (Å²) in [5.41, 5.74) is 5.87. The van der Waals surface area contributed by atoms with Gasteiger partial charge in [0, 0.05) is 12.6 Å². The van der Waals surface area contributed by atoms with Crippen molar-refractivity contribution < 1.29 is 61.6 Å². The molecule has 1 aromatic rings. The van der Waals surface area contributed by atoms with E-state index < -0.39 is 40.3 Å². The minimum Gasteiger partial charge on any atom is -0.731 e. The number of amides is 3. The minimum atomic E-state index is -5.08. The number of likely N-dealkylation sites (tertiary alicyclic amines) is 1. The number of benzene rings is 1. The van der Waals surface area contributed by atoms with Crippen molar-refractivity contribution in [1.82, 2.24) is 9.21 Å². The summed E-state index contributed by atoms with van der Waals surface area (Å²) in [6.07, 6.45) is 0.0419. The number of nitrogens with zero attached hydrogens (tertiary/aromatic N) is 2. The van der Waals surface area contributed by atoms with E-state index >= 15 is 0 Å². The minimum absolute atomic E-state index is 0. The van der Waals surface area contributed by atoms with E-state index in [1.54, 1.807) is 30.3 Å². The number of carbonyl (C=O) groups is 3. The number of carbonyl (C=O) groups excluding carboxylic acids is 3. The molecule has 0 saturated carbocycles. The van der Waals surface area contributed by atoms with Crippen LogP contribution in [0.2, 0.25) is 0 Å². The first-order valence-electron chi connectivity index (χ1n) is 7.46. The zero-order valence-electron chi connectivity index (χ0n) is 14.3. The van der Waals surface area contributed by atoms with Crippen molar-refractivity contribution in [2.24, 2.45) is 5.73 Å². The first-order valence-corrected chi connectivity index (χ1v) is 8.83. The maximum Gasteiger partial charge on any atom is 1.00 e. The summed E-state index contributed by atoms with van der Waals surface area (Å²) < 4.78 is 39.0. The van der Waals surface area contributed by atoms with Crippen molar-refractivity contribution in [2.45, 2.75) is 18.7 Å². The van der Waals surface area contributed by atoms with Gasteiger partial charge in [0.25, 0.3) is 5.91 Å². The third-order valence-corrected chi connectivity index (χ3v) is 4.99. The predicted octanol–water partition coefficient (Wildman–Crippen LogP) is -3.91. The third kappa shape index (κ3) is 4.17. The van der Waals surface area contributed by atoms with Gasteiger partial charge in [0.1, 0.15) is 12.6 Å². The summed E-state index contributed by atoms with van der Waals surface area (Å²) in [6.45, 7) is -0.302. The summed E-state index contributed by atoms with van der Waals surface area (Å²) >= 11 is 0. The van der Waals surface area contributed by atoms with Crippen LogP contribution in [0.15, 0.2) is 42.0 Å². The fourth-order valence-electron chi connectivity index (χ4n) is 3.04. The number of fused-ring (bicyclic) bond motifs is 1. The normalized spacial score (nSPS) is 22.7. The van der Waals surface area contributed by atoms with Crippen molar-refractivity contribution in [3.05, 3.63) is 47.5 Å². The molecule has 0 bridgehead atoms. The maximum atomic E-state index is 12.3. The largest absolute Gasteiger partial charge is 1.00 e. The van der Waals surface area contributed by atoms with E-state index in [-0.39, 0.29) is 52.6 Å². The average molecular weight is 403 g/mol. The smallest absolute Gasteiger partial charge is 0.731 e. The molecular weight excluding hydrogens is 389 g/mol. The van der Waals surface area contributed by atoms with Gasteiger partial charge < -0.3 is 15.0 Å². The van der Waals surface area contributed by atoms with Gasteiger partial charge in [0.15, 0.2) is 10.3 Å². The number of primary amides is 1. The van der Waals surface area contributed by atoms with Crippen LogP contribution in [-0.4, -0.2) is 58.7 Å². The van der Waals surface area contributed by atoms with Gasteiger partial charge in [-0.1, -0.05) is 30.3 Å². The van der Waals surface area contributed by atoms with Crippen LogP contribution in [0.4, 0.5) is 4.79 Å². The van der Waals surface area contributed by atoms with Crippen LogP contribution in [-0.2, 0) is 31.2 Å². The van der Waals surface area contributed by atoms with Gasteiger partial charge in [-0.25, -0.2) is 17.5 Å². The van der Waals surface area contributed by atoms with Crippen molar-refractivity contribution in [2.75, 3.05) is 6.54 Å². The Bertz CT molecular complexity index is 903. The fourth-order valence-corrected chi connectivity index (χ4v) is 3.89. The van der Waals surface area contributed by atoms with E-state index in [0.717, 1.165) is 11.0 Å². The molecule has 0 unspecified atom stereocenters. The second-order valence-electron chi connectivity index (χ2n) is 5.77. The molecule has 2 aliphatic rings. The second-order valence-corrected chi connectivity index (χ2v) is 7.02. The summed E-state index contributed by atoms with van der Waals surface area (Å²) in [6, 6.07) is 6.33. The van der Waals surface area contributed by atoms with Gasteiger partial charge in [-0.3, -0.25) is 14.5 Å². The van der Waals surface area contributed by atoms with Crippen LogP contribution in [0, 0.1) is 0 Å². The van der Waals surface area contributed by atoms with Gasteiger partial charge >= 0.3 is 35.7 Å². The van der Waals surface area contributed by atoms with Gasteiger partial charge in [0.2, 0.25) is 5.91 Å². The zero-order chi connectivity index (χ0) is 19.1. The molecule has 12 heteroatoms. The Morgan fingerprint density at radius 3 is 2.44 bits per heavy atom. The number of β-lactam (4-membered cyclic amide) rings is 1. The van der Waals surface area contributed by atoms with E-state index in [2.05, 4.69) is 0 Å². The summed E-state index contributed by atoms with van der Waals surface area (Å²) in [7, 11) is -5.08. The second kappa shape index (κ2) is 7.98. The quantitative estimate of drug-likeness (QED) is 0.234. The van der Waals surface area contributed by atoms with E-state index in [1.165, 1.54) is 0 Å². The standard InChI is InChI=1S/C15H15N3O7S.Na/c16-11(19)6-10-7-17(13-12(10)18(14(13)20)26(22,23)24)15(21)25-8-9-4-2-1-3-5-9;/h1-6,12-13H,7-8H2,(H2,16,19)(H,22,23,24);/q;+1/p-1/b10-6-;/t12-,13+;/m1./s1. The molecule has 3 rings (SSSR count). The Hall–Kier alpha value is -1.92. The van der Waals surface area contributed by atoms with Crippen LogP contribution >= 0.6 is 0 Å². The first-order chi connectivity index (χ1) is 12.2. The summed E-state index contributed by atoms with van der Waals surface area (Å²) in [5.74, 6) is -1.93. The molecule has 0 radical (unpaired) electrons. The van der Waals surface area contributed by atoms with Crippen LogP contribution in [0.1, 0.15) is 5.56 Å². The predicted molar refractivity (Wildman–Crippen MR) is 84.7 cm³/mol. The van der Waals surface area contributed by atoms with E-state index in [9.17, 15) is 27.4 Å². The fraction of sp³-hybridized carbons (Fsp3) is 0.267. The molecule has 0 aliphatic carbocycles. The number of hydrogen-bond acceptors (Lipinski definition) is 7. The Kier molecular flexibility index (Phi) is 6.32. The molecule has 138 valence electrons. The molecule has 1 aromatic carbocycles. The monoisotopic (exact) mass is 403 g/mol. The third-order valence-electron chi connectivity index (χ3n) is 4.10. The number of rotatable bonds is 4. The molecule has 10 nitrogen and oxygen atoms in total. The number of ether oxygens (including phenoxy) is 1. The van der Waals surface area contributed by atoms with Crippen molar-refractivity contribution >= 4 is 28.2 Å². The Balaban J connectivity index is 0.00000261. The first kappa shape index (κ1) is 21.4. The zero-order valence-corrected chi connectivity index (χ0v) is 17.1. The summed E-state index contributed by atoms with van der Waals surface area (Å²) in [4.78, 5) is 36.5. The van der Waals surface area contributed by atoms with Crippen LogP contribution in [0.25, 0.3) is 0 Å². The average Bonchev–Trinajstić information content (AvgIpc) is 2.85. The van der Waals surface area contributed by atoms with Crippen molar-refractivity contribution in [1.29, 1.82) is 0 Å². The molecular formula is C15H14N3NaO7S. The maximum absolute atomic E-state index is 12.3. The molecule has 0 spiro atoms. The molecule has 2 N–H and O–H groups in total. The van der Waals surface area contributed by atoms with Gasteiger partial charge in [-0.05, 0) is 11.1 Å². The Labute approximate surface area is 177 Å². The molecule has 2 fully saturated rings. The Morgan fingerprint density at radius 2 is 1.89 bits per heavy atom. The SMILES string of the molecule is NC(=O)/C=C1/CN(C(=O)OCc2ccccc2)[C@@H]2C(=O)N(S(=O)(=O)[O-])[C@H]12.[Na+]. The Morgan fingerprint density at radius 1 is 1.26 bits per heavy atom. The van der Waals surface area contributed by atoms with Crippen LogP contribution in [0.3, 0.4) is 0 Å². The molecule has 0 aromatic heterocycles. The van der Waals surface area contributed by atoms with E-state index in [4.69, 9.17) is 10.5 Å². The molecule has 2 atom stereocenters. The molecule has 2 aliphatic heterocycles. The molecule has 2 heterocycles. The van der Waals surface area contributed by atoms with E-state index in [0.29, 0.717) is 5.56 Å². The topological polar surface area (TPSA) is 150 Å². The molecule has 2 saturated heterocycles.